The maximum Gasteiger partial charge on any atom is 0.323 e. The summed E-state index contributed by atoms with van der Waals surface area (Å²) in [7, 11) is 0. The monoisotopic (exact) mass is 331 g/mol. The number of hydrogen-bond donors (Lipinski definition) is 2. The number of allylic oxidation sites excluding steroid dienone is 1. The Morgan fingerprint density at radius 2 is 1.88 bits per heavy atom. The molecule has 0 fully saturated rings. The lowest BCUT2D eigenvalue weighted by molar-refractivity contribution is 0.255. The van der Waals surface area contributed by atoms with E-state index in [1.54, 1.807) is 0 Å². The molecule has 4 nitrogen and oxygen atoms in total. The third-order valence-electron chi connectivity index (χ3n) is 4.47. The van der Waals surface area contributed by atoms with Crippen molar-refractivity contribution in [2.45, 2.75) is 27.2 Å². The molecular weight excluding hydrogens is 310 g/mol. The molecule has 0 spiro atoms. The lowest BCUT2D eigenvalue weighted by Crippen LogP contribution is -2.34. The number of carbonyl (C=O) groups is 1. The van der Waals surface area contributed by atoms with Crippen LogP contribution in [0.2, 0.25) is 0 Å². The standard InChI is InChI=1S/C21H21N3O/c1-14-7-6-9-16(11-14)23-20(25)24-19-17-10-5-4-8-15(17)12-21(2,3)18(19)13-22/h4-11H,12H2,1-3H3,(H2,23,24,25). The highest BCUT2D eigenvalue weighted by Crippen LogP contribution is 2.41. The third kappa shape index (κ3) is 3.41. The number of rotatable bonds is 2. The summed E-state index contributed by atoms with van der Waals surface area (Å²) in [4.78, 5) is 12.5. The number of amides is 2. The zero-order valence-electron chi connectivity index (χ0n) is 14.7. The molecule has 0 saturated heterocycles. The smallest absolute Gasteiger partial charge is 0.308 e. The number of hydrogen-bond acceptors (Lipinski definition) is 2. The van der Waals surface area contributed by atoms with Crippen LogP contribution in [0.5, 0.6) is 0 Å². The molecule has 25 heavy (non-hydrogen) atoms. The Morgan fingerprint density at radius 3 is 2.60 bits per heavy atom. The van der Waals surface area contributed by atoms with E-state index in [0.717, 1.165) is 28.8 Å². The second-order valence-electron chi connectivity index (χ2n) is 7.03. The Labute approximate surface area is 148 Å². The number of aryl methyl sites for hydroxylation is 1. The number of urea groups is 1. The third-order valence-corrected chi connectivity index (χ3v) is 4.47. The molecule has 2 aromatic rings. The van der Waals surface area contributed by atoms with Gasteiger partial charge in [0.25, 0.3) is 0 Å². The van der Waals surface area contributed by atoms with Gasteiger partial charge in [0.05, 0.1) is 17.3 Å². The van der Waals surface area contributed by atoms with Gasteiger partial charge < -0.3 is 10.6 Å². The molecule has 0 radical (unpaired) electrons. The molecule has 0 aromatic heterocycles. The number of carbonyl (C=O) groups excluding carboxylic acids is 1. The Bertz CT molecular complexity index is 903. The van der Waals surface area contributed by atoms with E-state index in [9.17, 15) is 10.1 Å². The summed E-state index contributed by atoms with van der Waals surface area (Å²) < 4.78 is 0. The first-order valence-corrected chi connectivity index (χ1v) is 8.28. The Morgan fingerprint density at radius 1 is 1.12 bits per heavy atom. The quantitative estimate of drug-likeness (QED) is 0.842. The predicted molar refractivity (Wildman–Crippen MR) is 99.8 cm³/mol. The molecule has 0 unspecified atom stereocenters. The minimum absolute atomic E-state index is 0.324. The number of nitrogens with zero attached hydrogens (tertiary/aromatic N) is 1. The second kappa shape index (κ2) is 6.45. The van der Waals surface area contributed by atoms with Crippen LogP contribution in [-0.2, 0) is 6.42 Å². The van der Waals surface area contributed by atoms with E-state index in [2.05, 4.69) is 16.7 Å². The summed E-state index contributed by atoms with van der Waals surface area (Å²) in [6.45, 7) is 6.03. The first kappa shape index (κ1) is 16.8. The number of anilines is 1. The number of fused-ring (bicyclic) bond motifs is 1. The van der Waals surface area contributed by atoms with Gasteiger partial charge in [-0.25, -0.2) is 4.79 Å². The predicted octanol–water partition coefficient (Wildman–Crippen LogP) is 4.63. The lowest BCUT2D eigenvalue weighted by Gasteiger charge is -2.33. The molecule has 2 aromatic carbocycles. The van der Waals surface area contributed by atoms with Crippen molar-refractivity contribution in [2.75, 3.05) is 5.32 Å². The summed E-state index contributed by atoms with van der Waals surface area (Å²) >= 11 is 0. The van der Waals surface area contributed by atoms with Crippen molar-refractivity contribution >= 4 is 17.4 Å². The van der Waals surface area contributed by atoms with Gasteiger partial charge in [-0.2, -0.15) is 5.26 Å². The van der Waals surface area contributed by atoms with Crippen molar-refractivity contribution in [2.24, 2.45) is 5.41 Å². The van der Waals surface area contributed by atoms with Crippen molar-refractivity contribution < 1.29 is 4.79 Å². The van der Waals surface area contributed by atoms with Crippen LogP contribution in [0, 0.1) is 23.7 Å². The van der Waals surface area contributed by atoms with Crippen LogP contribution in [0.25, 0.3) is 5.70 Å². The Balaban J connectivity index is 1.94. The van der Waals surface area contributed by atoms with Crippen molar-refractivity contribution in [3.8, 4) is 6.07 Å². The fraction of sp³-hybridized carbons (Fsp3) is 0.238. The fourth-order valence-corrected chi connectivity index (χ4v) is 3.29. The van der Waals surface area contributed by atoms with Gasteiger partial charge in [-0.1, -0.05) is 50.2 Å². The van der Waals surface area contributed by atoms with Gasteiger partial charge in [-0.05, 0) is 36.6 Å². The van der Waals surface area contributed by atoms with Gasteiger partial charge >= 0.3 is 6.03 Å². The molecule has 0 atom stereocenters. The SMILES string of the molecule is Cc1cccc(NC(=O)NC2=C(C#N)C(C)(C)Cc3ccccc32)c1. The normalized spacial score (nSPS) is 15.1. The molecule has 0 bridgehead atoms. The van der Waals surface area contributed by atoms with Gasteiger partial charge in [-0.3, -0.25) is 0 Å². The van der Waals surface area contributed by atoms with Crippen LogP contribution in [0.3, 0.4) is 0 Å². The number of nitriles is 1. The first-order valence-electron chi connectivity index (χ1n) is 8.28. The molecule has 0 heterocycles. The highest BCUT2D eigenvalue weighted by Gasteiger charge is 2.34. The maximum absolute atomic E-state index is 12.5. The van der Waals surface area contributed by atoms with E-state index in [1.165, 1.54) is 0 Å². The summed E-state index contributed by atoms with van der Waals surface area (Å²) in [6, 6.07) is 17.5. The van der Waals surface area contributed by atoms with Gasteiger partial charge in [0.1, 0.15) is 0 Å². The van der Waals surface area contributed by atoms with E-state index in [1.807, 2.05) is 69.3 Å². The zero-order valence-corrected chi connectivity index (χ0v) is 14.7. The van der Waals surface area contributed by atoms with E-state index in [-0.39, 0.29) is 11.4 Å². The van der Waals surface area contributed by atoms with Crippen molar-refractivity contribution in [1.82, 2.24) is 5.32 Å². The maximum atomic E-state index is 12.5. The molecule has 126 valence electrons. The minimum atomic E-state index is -0.346. The average Bonchev–Trinajstić information content (AvgIpc) is 2.54. The Kier molecular flexibility index (Phi) is 4.33. The molecule has 0 saturated carbocycles. The first-order chi connectivity index (χ1) is 11.9. The Hall–Kier alpha value is -3.06. The van der Waals surface area contributed by atoms with Gasteiger partial charge in [0, 0.05) is 16.7 Å². The summed E-state index contributed by atoms with van der Waals surface area (Å²) in [5, 5.41) is 15.4. The van der Waals surface area contributed by atoms with E-state index in [0.29, 0.717) is 11.3 Å². The summed E-state index contributed by atoms with van der Waals surface area (Å²) in [6.07, 6.45) is 0.775. The highest BCUT2D eigenvalue weighted by molar-refractivity contribution is 5.97. The van der Waals surface area contributed by atoms with Crippen molar-refractivity contribution in [3.05, 3.63) is 70.8 Å². The molecular formula is C21H21N3O. The number of benzene rings is 2. The molecule has 1 aliphatic rings. The zero-order chi connectivity index (χ0) is 18.0. The molecule has 0 aliphatic heterocycles. The number of nitrogens with one attached hydrogen (secondary N) is 2. The van der Waals surface area contributed by atoms with Gasteiger partial charge in [0.15, 0.2) is 0 Å². The molecule has 2 N–H and O–H groups in total. The molecule has 4 heteroatoms. The van der Waals surface area contributed by atoms with Crippen LogP contribution >= 0.6 is 0 Å². The summed E-state index contributed by atoms with van der Waals surface area (Å²) in [5.41, 5.74) is 4.72. The average molecular weight is 331 g/mol. The van der Waals surface area contributed by atoms with Crippen LogP contribution < -0.4 is 10.6 Å². The second-order valence-corrected chi connectivity index (χ2v) is 7.03. The van der Waals surface area contributed by atoms with Gasteiger partial charge in [0.2, 0.25) is 0 Å². The van der Waals surface area contributed by atoms with E-state index >= 15 is 0 Å². The van der Waals surface area contributed by atoms with Crippen LogP contribution in [0.1, 0.15) is 30.5 Å². The topological polar surface area (TPSA) is 64.9 Å². The van der Waals surface area contributed by atoms with Gasteiger partial charge in [-0.15, -0.1) is 0 Å². The van der Waals surface area contributed by atoms with Crippen LogP contribution in [0.15, 0.2) is 54.1 Å². The van der Waals surface area contributed by atoms with E-state index < -0.39 is 0 Å². The molecule has 1 aliphatic carbocycles. The minimum Gasteiger partial charge on any atom is -0.308 e. The van der Waals surface area contributed by atoms with Crippen LogP contribution in [-0.4, -0.2) is 6.03 Å². The van der Waals surface area contributed by atoms with Crippen LogP contribution in [0.4, 0.5) is 10.5 Å². The molecule has 3 rings (SSSR count). The van der Waals surface area contributed by atoms with Crippen molar-refractivity contribution in [1.29, 1.82) is 5.26 Å². The lowest BCUT2D eigenvalue weighted by atomic mass is 9.72. The largest absolute Gasteiger partial charge is 0.323 e. The summed E-state index contributed by atoms with van der Waals surface area (Å²) in [5.74, 6) is 0. The molecule has 2 amide bonds. The van der Waals surface area contributed by atoms with E-state index in [4.69, 9.17) is 0 Å². The highest BCUT2D eigenvalue weighted by atomic mass is 16.2. The fourth-order valence-electron chi connectivity index (χ4n) is 3.29. The van der Waals surface area contributed by atoms with Crippen molar-refractivity contribution in [3.63, 3.8) is 0 Å².